The summed E-state index contributed by atoms with van der Waals surface area (Å²) in [4.78, 5) is 11.8. The number of ether oxygens (including phenoxy) is 2. The standard InChI is InChI=1S/C18H17N3O3S/c1-4-23-18(22)14-9-20-21(10-14)16-7-12-5-15(24-11(2)3)6-13(8-19)17(12)25-16/h5-7,9-11H,4H2,1-3H3. The number of rotatable bonds is 5. The molecule has 2 aromatic heterocycles. The number of benzene rings is 1. The number of carbonyl (C=O) groups excluding carboxylic acids is 1. The summed E-state index contributed by atoms with van der Waals surface area (Å²) in [7, 11) is 0. The van der Waals surface area contributed by atoms with Crippen LogP contribution >= 0.6 is 11.3 Å². The molecule has 0 unspecified atom stereocenters. The average Bonchev–Trinajstić information content (AvgIpc) is 3.20. The van der Waals surface area contributed by atoms with Gasteiger partial charge in [-0.25, -0.2) is 9.48 Å². The topological polar surface area (TPSA) is 77.1 Å². The van der Waals surface area contributed by atoms with Gasteiger partial charge in [0.25, 0.3) is 0 Å². The molecule has 0 aliphatic carbocycles. The van der Waals surface area contributed by atoms with Crippen molar-refractivity contribution in [1.82, 2.24) is 9.78 Å². The van der Waals surface area contributed by atoms with Gasteiger partial charge in [0, 0.05) is 6.20 Å². The Kier molecular flexibility index (Phi) is 4.72. The van der Waals surface area contributed by atoms with E-state index in [-0.39, 0.29) is 6.10 Å². The molecule has 0 fully saturated rings. The van der Waals surface area contributed by atoms with Gasteiger partial charge in [0.05, 0.1) is 34.7 Å². The summed E-state index contributed by atoms with van der Waals surface area (Å²) in [6.45, 7) is 5.96. The first-order chi connectivity index (χ1) is 12.0. The van der Waals surface area contributed by atoms with Crippen molar-refractivity contribution >= 4 is 27.4 Å². The lowest BCUT2D eigenvalue weighted by Crippen LogP contribution is -2.05. The van der Waals surface area contributed by atoms with Crippen molar-refractivity contribution in [2.75, 3.05) is 6.61 Å². The van der Waals surface area contributed by atoms with Crippen LogP contribution in [0.1, 0.15) is 36.7 Å². The Hall–Kier alpha value is -2.85. The maximum Gasteiger partial charge on any atom is 0.341 e. The number of nitrogens with zero attached hydrogens (tertiary/aromatic N) is 3. The molecule has 3 aromatic rings. The zero-order valence-corrected chi connectivity index (χ0v) is 15.0. The van der Waals surface area contributed by atoms with Crippen LogP contribution in [0.2, 0.25) is 0 Å². The molecule has 0 aliphatic heterocycles. The average molecular weight is 355 g/mol. The van der Waals surface area contributed by atoms with Gasteiger partial charge in [-0.1, -0.05) is 0 Å². The molecule has 0 bridgehead atoms. The lowest BCUT2D eigenvalue weighted by molar-refractivity contribution is 0.0526. The number of carbonyl (C=O) groups is 1. The Morgan fingerprint density at radius 2 is 2.20 bits per heavy atom. The van der Waals surface area contributed by atoms with Crippen molar-refractivity contribution < 1.29 is 14.3 Å². The molecule has 0 aliphatic rings. The molecule has 1 aromatic carbocycles. The highest BCUT2D eigenvalue weighted by molar-refractivity contribution is 7.21. The van der Waals surface area contributed by atoms with Crippen LogP contribution < -0.4 is 4.74 Å². The minimum atomic E-state index is -0.403. The van der Waals surface area contributed by atoms with Gasteiger partial charge in [-0.3, -0.25) is 0 Å². The smallest absolute Gasteiger partial charge is 0.341 e. The van der Waals surface area contributed by atoms with Crippen LogP contribution in [0, 0.1) is 11.3 Å². The zero-order valence-electron chi connectivity index (χ0n) is 14.1. The molecule has 0 amide bonds. The summed E-state index contributed by atoms with van der Waals surface area (Å²) in [5.41, 5.74) is 0.950. The van der Waals surface area contributed by atoms with Crippen molar-refractivity contribution in [3.8, 4) is 16.8 Å². The van der Waals surface area contributed by atoms with Gasteiger partial charge in [-0.2, -0.15) is 10.4 Å². The fourth-order valence-corrected chi connectivity index (χ4v) is 3.45. The fraction of sp³-hybridized carbons (Fsp3) is 0.278. The molecule has 0 spiro atoms. The lowest BCUT2D eigenvalue weighted by atomic mass is 10.1. The number of hydrogen-bond acceptors (Lipinski definition) is 6. The molecule has 3 rings (SSSR count). The highest BCUT2D eigenvalue weighted by atomic mass is 32.1. The van der Waals surface area contributed by atoms with E-state index < -0.39 is 5.97 Å². The van der Waals surface area contributed by atoms with Gasteiger partial charge in [0.15, 0.2) is 0 Å². The van der Waals surface area contributed by atoms with E-state index in [1.54, 1.807) is 23.9 Å². The van der Waals surface area contributed by atoms with Crippen LogP contribution in [0.25, 0.3) is 15.1 Å². The third kappa shape index (κ3) is 3.49. The first-order valence-corrected chi connectivity index (χ1v) is 8.70. The first-order valence-electron chi connectivity index (χ1n) is 7.88. The summed E-state index contributed by atoms with van der Waals surface area (Å²) in [5, 5.41) is 15.4. The second-order valence-corrected chi connectivity index (χ2v) is 6.68. The van der Waals surface area contributed by atoms with E-state index in [0.29, 0.717) is 23.5 Å². The van der Waals surface area contributed by atoms with Crippen molar-refractivity contribution in [2.24, 2.45) is 0 Å². The minimum Gasteiger partial charge on any atom is -0.491 e. The Bertz CT molecular complexity index is 966. The first kappa shape index (κ1) is 17.0. The number of aromatic nitrogens is 2. The number of esters is 1. The molecular formula is C18H17N3O3S. The zero-order chi connectivity index (χ0) is 18.0. The largest absolute Gasteiger partial charge is 0.491 e. The van der Waals surface area contributed by atoms with Crippen LogP contribution in [-0.4, -0.2) is 28.5 Å². The Balaban J connectivity index is 2.01. The summed E-state index contributed by atoms with van der Waals surface area (Å²) in [5.74, 6) is 0.260. The predicted molar refractivity (Wildman–Crippen MR) is 95.4 cm³/mol. The van der Waals surface area contributed by atoms with Gasteiger partial charge in [-0.15, -0.1) is 11.3 Å². The van der Waals surface area contributed by atoms with E-state index in [4.69, 9.17) is 9.47 Å². The number of fused-ring (bicyclic) bond motifs is 1. The van der Waals surface area contributed by atoms with Crippen molar-refractivity contribution in [3.63, 3.8) is 0 Å². The third-order valence-electron chi connectivity index (χ3n) is 3.39. The van der Waals surface area contributed by atoms with Gasteiger partial charge < -0.3 is 9.47 Å². The van der Waals surface area contributed by atoms with E-state index in [2.05, 4.69) is 11.2 Å². The van der Waals surface area contributed by atoms with E-state index in [1.165, 1.54) is 17.5 Å². The van der Waals surface area contributed by atoms with E-state index in [0.717, 1.165) is 15.1 Å². The SMILES string of the molecule is CCOC(=O)c1cnn(-c2cc3cc(OC(C)C)cc(C#N)c3s2)c1. The number of hydrogen-bond donors (Lipinski definition) is 0. The fourth-order valence-electron chi connectivity index (χ4n) is 2.41. The van der Waals surface area contributed by atoms with Gasteiger partial charge in [0.2, 0.25) is 0 Å². The molecule has 0 atom stereocenters. The van der Waals surface area contributed by atoms with Crippen LogP contribution in [0.3, 0.4) is 0 Å². The molecular weight excluding hydrogens is 338 g/mol. The molecule has 7 heteroatoms. The second-order valence-electron chi connectivity index (χ2n) is 5.65. The van der Waals surface area contributed by atoms with Crippen LogP contribution in [0.4, 0.5) is 0 Å². The predicted octanol–water partition coefficient (Wildman–Crippen LogP) is 3.92. The quantitative estimate of drug-likeness (QED) is 0.648. The molecule has 0 N–H and O–H groups in total. The van der Waals surface area contributed by atoms with Crippen molar-refractivity contribution in [2.45, 2.75) is 26.9 Å². The van der Waals surface area contributed by atoms with Gasteiger partial charge >= 0.3 is 5.97 Å². The molecule has 6 nitrogen and oxygen atoms in total. The van der Waals surface area contributed by atoms with E-state index in [9.17, 15) is 10.1 Å². The van der Waals surface area contributed by atoms with Crippen LogP contribution in [0.15, 0.2) is 30.6 Å². The molecule has 0 saturated heterocycles. The van der Waals surface area contributed by atoms with Crippen molar-refractivity contribution in [1.29, 1.82) is 5.26 Å². The third-order valence-corrected chi connectivity index (χ3v) is 4.56. The highest BCUT2D eigenvalue weighted by Crippen LogP contribution is 2.34. The lowest BCUT2D eigenvalue weighted by Gasteiger charge is -2.09. The Morgan fingerprint density at radius 3 is 2.88 bits per heavy atom. The van der Waals surface area contributed by atoms with E-state index in [1.807, 2.05) is 26.0 Å². The highest BCUT2D eigenvalue weighted by Gasteiger charge is 2.14. The summed E-state index contributed by atoms with van der Waals surface area (Å²) < 4.78 is 13.2. The van der Waals surface area contributed by atoms with Crippen LogP contribution in [0.5, 0.6) is 5.75 Å². The number of thiophene rings is 1. The molecule has 25 heavy (non-hydrogen) atoms. The Morgan fingerprint density at radius 1 is 1.40 bits per heavy atom. The van der Waals surface area contributed by atoms with Gasteiger partial charge in [-0.05, 0) is 44.4 Å². The Labute approximate surface area is 149 Å². The monoisotopic (exact) mass is 355 g/mol. The molecule has 0 radical (unpaired) electrons. The molecule has 128 valence electrons. The molecule has 2 heterocycles. The summed E-state index contributed by atoms with van der Waals surface area (Å²) in [6.07, 6.45) is 3.13. The van der Waals surface area contributed by atoms with E-state index >= 15 is 0 Å². The maximum atomic E-state index is 11.8. The minimum absolute atomic E-state index is 0.0281. The molecule has 0 saturated carbocycles. The summed E-state index contributed by atoms with van der Waals surface area (Å²) in [6, 6.07) is 7.80. The number of nitriles is 1. The van der Waals surface area contributed by atoms with Gasteiger partial charge in [0.1, 0.15) is 16.8 Å². The van der Waals surface area contributed by atoms with Crippen LogP contribution in [-0.2, 0) is 4.74 Å². The normalized spacial score (nSPS) is 10.8. The maximum absolute atomic E-state index is 11.8. The summed E-state index contributed by atoms with van der Waals surface area (Å²) >= 11 is 1.44. The van der Waals surface area contributed by atoms with Crippen molar-refractivity contribution in [3.05, 3.63) is 41.7 Å². The second kappa shape index (κ2) is 6.95.